The molecule has 1 heterocycles. The highest BCUT2D eigenvalue weighted by molar-refractivity contribution is 7.89. The largest absolute Gasteiger partial charge is 0.475 e. The number of sulfonamides is 1. The van der Waals surface area contributed by atoms with Crippen LogP contribution in [-0.4, -0.2) is 55.8 Å². The molecule has 9 nitrogen and oxygen atoms in total. The van der Waals surface area contributed by atoms with E-state index in [1.807, 2.05) is 12.1 Å². The Hall–Kier alpha value is -2.82. The fourth-order valence-electron chi connectivity index (χ4n) is 4.04. The van der Waals surface area contributed by atoms with E-state index in [2.05, 4.69) is 0 Å². The molecule has 0 aromatic heterocycles. The number of fused-ring (bicyclic) bond motifs is 1. The number of carbonyl (C=O) groups is 1. The van der Waals surface area contributed by atoms with Crippen LogP contribution in [0.4, 0.5) is 5.69 Å². The van der Waals surface area contributed by atoms with E-state index >= 15 is 0 Å². The molecule has 0 saturated carbocycles. The summed E-state index contributed by atoms with van der Waals surface area (Å²) in [6.07, 6.45) is 2.01. The number of benzene rings is 2. The highest BCUT2D eigenvalue weighted by atomic mass is 32.2. The van der Waals surface area contributed by atoms with Crippen molar-refractivity contribution in [2.45, 2.75) is 37.2 Å². The molecule has 0 spiro atoms. The fourth-order valence-corrected chi connectivity index (χ4v) is 5.47. The number of hydrogen-bond acceptors (Lipinski definition) is 7. The second kappa shape index (κ2) is 8.97. The predicted octanol–water partition coefficient (Wildman–Crippen LogP) is 2.75. The van der Waals surface area contributed by atoms with Crippen LogP contribution in [0.1, 0.15) is 34.8 Å². The van der Waals surface area contributed by atoms with Gasteiger partial charge >= 0.3 is 5.69 Å². The Labute approximate surface area is 186 Å². The minimum Gasteiger partial charge on any atom is -0.475 e. The SMILES string of the molecule is CC(Oc1ccc(S(=O)(=O)N2CCOCC2)cc1[N+](=O)[O-])C(=O)c1ccc2c(c1)CCC2. The fraction of sp³-hybridized carbons (Fsp3) is 0.409. The van der Waals surface area contributed by atoms with E-state index in [1.54, 1.807) is 6.07 Å². The summed E-state index contributed by atoms with van der Waals surface area (Å²) in [7, 11) is -3.90. The molecule has 1 aliphatic heterocycles. The van der Waals surface area contributed by atoms with Crippen molar-refractivity contribution in [1.29, 1.82) is 0 Å². The number of aryl methyl sites for hydroxylation is 2. The maximum Gasteiger partial charge on any atom is 0.312 e. The third kappa shape index (κ3) is 4.38. The zero-order valence-electron chi connectivity index (χ0n) is 17.7. The van der Waals surface area contributed by atoms with Gasteiger partial charge in [0.15, 0.2) is 11.9 Å². The van der Waals surface area contributed by atoms with E-state index in [9.17, 15) is 23.3 Å². The van der Waals surface area contributed by atoms with Gasteiger partial charge < -0.3 is 9.47 Å². The molecule has 1 fully saturated rings. The van der Waals surface area contributed by atoms with Crippen molar-refractivity contribution in [2.75, 3.05) is 26.3 Å². The topological polar surface area (TPSA) is 116 Å². The monoisotopic (exact) mass is 460 g/mol. The van der Waals surface area contributed by atoms with Gasteiger partial charge in [-0.1, -0.05) is 12.1 Å². The first-order chi connectivity index (χ1) is 15.3. The molecule has 0 bridgehead atoms. The first-order valence-electron chi connectivity index (χ1n) is 10.5. The van der Waals surface area contributed by atoms with E-state index in [-0.39, 0.29) is 42.7 Å². The molecule has 170 valence electrons. The van der Waals surface area contributed by atoms with Gasteiger partial charge in [0.05, 0.1) is 23.0 Å². The van der Waals surface area contributed by atoms with Crippen LogP contribution < -0.4 is 4.74 Å². The number of rotatable bonds is 7. The Balaban J connectivity index is 1.56. The third-order valence-electron chi connectivity index (χ3n) is 5.79. The molecule has 32 heavy (non-hydrogen) atoms. The Kier molecular flexibility index (Phi) is 6.27. The van der Waals surface area contributed by atoms with Crippen LogP contribution in [0.15, 0.2) is 41.3 Å². The number of Topliss-reactive ketones (excluding diaryl/α,β-unsaturated/α-hetero) is 1. The molecule has 0 amide bonds. The van der Waals surface area contributed by atoms with Crippen LogP contribution in [0.2, 0.25) is 0 Å². The highest BCUT2D eigenvalue weighted by Crippen LogP contribution is 2.32. The molecule has 4 rings (SSSR count). The molecule has 10 heteroatoms. The van der Waals surface area contributed by atoms with Gasteiger partial charge in [-0.3, -0.25) is 14.9 Å². The van der Waals surface area contributed by atoms with Gasteiger partial charge in [-0.05, 0) is 55.5 Å². The number of nitro benzene ring substituents is 1. The Bertz CT molecular complexity index is 1160. The average molecular weight is 461 g/mol. The van der Waals surface area contributed by atoms with E-state index in [1.165, 1.54) is 28.9 Å². The van der Waals surface area contributed by atoms with Crippen LogP contribution in [0, 0.1) is 10.1 Å². The lowest BCUT2D eigenvalue weighted by atomic mass is 10.0. The minimum absolute atomic E-state index is 0.155. The molecule has 2 aromatic carbocycles. The van der Waals surface area contributed by atoms with Gasteiger partial charge in [-0.2, -0.15) is 4.31 Å². The maximum atomic E-state index is 12.9. The Morgan fingerprint density at radius 1 is 1.12 bits per heavy atom. The van der Waals surface area contributed by atoms with Crippen LogP contribution >= 0.6 is 0 Å². The zero-order chi connectivity index (χ0) is 22.9. The molecule has 1 atom stereocenters. The molecular formula is C22H24N2O7S. The lowest BCUT2D eigenvalue weighted by Gasteiger charge is -2.26. The summed E-state index contributed by atoms with van der Waals surface area (Å²) in [5.41, 5.74) is 2.37. The van der Waals surface area contributed by atoms with Crippen molar-refractivity contribution in [1.82, 2.24) is 4.31 Å². The van der Waals surface area contributed by atoms with E-state index in [0.717, 1.165) is 30.9 Å². The first kappa shape index (κ1) is 22.4. The predicted molar refractivity (Wildman–Crippen MR) is 116 cm³/mol. The molecule has 0 N–H and O–H groups in total. The van der Waals surface area contributed by atoms with Crippen LogP contribution in [0.25, 0.3) is 0 Å². The third-order valence-corrected chi connectivity index (χ3v) is 7.69. The zero-order valence-corrected chi connectivity index (χ0v) is 18.5. The van der Waals surface area contributed by atoms with Crippen LogP contribution in [-0.2, 0) is 27.6 Å². The van der Waals surface area contributed by atoms with Crippen LogP contribution in [0.3, 0.4) is 0 Å². The van der Waals surface area contributed by atoms with Crippen molar-refractivity contribution >= 4 is 21.5 Å². The number of carbonyl (C=O) groups excluding carboxylic acids is 1. The molecule has 1 unspecified atom stereocenters. The summed E-state index contributed by atoms with van der Waals surface area (Å²) < 4.78 is 37.7. The summed E-state index contributed by atoms with van der Waals surface area (Å²) in [5, 5.41) is 11.6. The molecular weight excluding hydrogens is 436 g/mol. The molecule has 0 radical (unpaired) electrons. The van der Waals surface area contributed by atoms with Gasteiger partial charge in [0.1, 0.15) is 0 Å². The summed E-state index contributed by atoms with van der Waals surface area (Å²) >= 11 is 0. The van der Waals surface area contributed by atoms with Gasteiger partial charge in [0.25, 0.3) is 0 Å². The van der Waals surface area contributed by atoms with E-state index in [0.29, 0.717) is 5.56 Å². The summed E-state index contributed by atoms with van der Waals surface area (Å²) in [5.74, 6) is -0.447. The molecule has 1 aliphatic carbocycles. The molecule has 2 aromatic rings. The van der Waals surface area contributed by atoms with Gasteiger partial charge in [0.2, 0.25) is 15.8 Å². The summed E-state index contributed by atoms with van der Waals surface area (Å²) in [6, 6.07) is 9.02. The second-order valence-electron chi connectivity index (χ2n) is 7.86. The number of nitrogens with zero attached hydrogens (tertiary/aromatic N) is 2. The van der Waals surface area contributed by atoms with Crippen molar-refractivity contribution in [3.05, 3.63) is 63.2 Å². The Morgan fingerprint density at radius 3 is 2.56 bits per heavy atom. The number of ketones is 1. The summed E-state index contributed by atoms with van der Waals surface area (Å²) in [6.45, 7) is 2.43. The molecule has 2 aliphatic rings. The van der Waals surface area contributed by atoms with E-state index in [4.69, 9.17) is 9.47 Å². The van der Waals surface area contributed by atoms with Crippen molar-refractivity contribution in [3.8, 4) is 5.75 Å². The maximum absolute atomic E-state index is 12.9. The number of ether oxygens (including phenoxy) is 2. The minimum atomic E-state index is -3.90. The highest BCUT2D eigenvalue weighted by Gasteiger charge is 2.30. The number of morpholine rings is 1. The quantitative estimate of drug-likeness (QED) is 0.354. The van der Waals surface area contributed by atoms with Gasteiger partial charge in [0, 0.05) is 24.7 Å². The number of nitro groups is 1. The standard InChI is InChI=1S/C22H24N2O7S/c1-15(22(25)18-6-5-16-3-2-4-17(16)13-18)31-21-8-7-19(14-20(21)24(26)27)32(28,29)23-9-11-30-12-10-23/h5-8,13-15H,2-4,9-12H2,1H3. The second-order valence-corrected chi connectivity index (χ2v) is 9.80. The van der Waals surface area contributed by atoms with Crippen molar-refractivity contribution in [3.63, 3.8) is 0 Å². The van der Waals surface area contributed by atoms with E-state index < -0.39 is 26.7 Å². The lowest BCUT2D eigenvalue weighted by Crippen LogP contribution is -2.40. The normalized spacial score (nSPS) is 17.5. The van der Waals surface area contributed by atoms with Crippen molar-refractivity contribution in [2.24, 2.45) is 0 Å². The molecule has 1 saturated heterocycles. The smallest absolute Gasteiger partial charge is 0.312 e. The number of hydrogen-bond donors (Lipinski definition) is 0. The Morgan fingerprint density at radius 2 is 1.84 bits per heavy atom. The average Bonchev–Trinajstić information content (AvgIpc) is 3.27. The summed E-state index contributed by atoms with van der Waals surface area (Å²) in [4.78, 5) is 23.6. The van der Waals surface area contributed by atoms with Gasteiger partial charge in [-0.25, -0.2) is 8.42 Å². The first-order valence-corrected chi connectivity index (χ1v) is 11.9. The van der Waals surface area contributed by atoms with Crippen molar-refractivity contribution < 1.29 is 27.6 Å². The van der Waals surface area contributed by atoms with Gasteiger partial charge in [-0.15, -0.1) is 0 Å². The lowest BCUT2D eigenvalue weighted by molar-refractivity contribution is -0.386. The van der Waals surface area contributed by atoms with Crippen LogP contribution in [0.5, 0.6) is 5.75 Å².